The van der Waals surface area contributed by atoms with Crippen molar-refractivity contribution >= 4 is 5.91 Å². The maximum atomic E-state index is 12.0. The summed E-state index contributed by atoms with van der Waals surface area (Å²) < 4.78 is 0. The Morgan fingerprint density at radius 3 is 2.29 bits per heavy atom. The molecule has 17 heavy (non-hydrogen) atoms. The number of amides is 1. The van der Waals surface area contributed by atoms with Crippen LogP contribution in [0, 0.1) is 0 Å². The Kier molecular flexibility index (Phi) is 3.73. The minimum absolute atomic E-state index is 0.231. The molecule has 2 rings (SSSR count). The van der Waals surface area contributed by atoms with Crippen molar-refractivity contribution in [3.8, 4) is 0 Å². The Balaban J connectivity index is 1.70. The van der Waals surface area contributed by atoms with Gasteiger partial charge in [-0.25, -0.2) is 0 Å². The number of rotatable bonds is 4. The highest BCUT2D eigenvalue weighted by Gasteiger charge is 2.32. The number of carbonyl (C=O) groups excluding carboxylic acids is 1. The van der Waals surface area contributed by atoms with Gasteiger partial charge in [0.2, 0.25) is 5.91 Å². The lowest BCUT2D eigenvalue weighted by Crippen LogP contribution is -2.49. The number of nitrogens with two attached hydrogens (primary N) is 1. The highest BCUT2D eigenvalue weighted by Crippen LogP contribution is 2.27. The van der Waals surface area contributed by atoms with Crippen LogP contribution in [0.2, 0.25) is 0 Å². The second kappa shape index (κ2) is 4.94. The van der Waals surface area contributed by atoms with E-state index in [4.69, 9.17) is 5.73 Å². The van der Waals surface area contributed by atoms with Crippen LogP contribution in [0.5, 0.6) is 0 Å². The molecule has 1 amide bonds. The zero-order valence-corrected chi connectivity index (χ0v) is 11.1. The van der Waals surface area contributed by atoms with E-state index in [-0.39, 0.29) is 11.4 Å². The van der Waals surface area contributed by atoms with Crippen molar-refractivity contribution in [1.82, 2.24) is 9.80 Å². The van der Waals surface area contributed by atoms with Crippen molar-refractivity contribution in [2.24, 2.45) is 5.73 Å². The molecule has 0 radical (unpaired) electrons. The minimum Gasteiger partial charge on any atom is -0.340 e. The Hall–Kier alpha value is -0.610. The van der Waals surface area contributed by atoms with E-state index in [0.29, 0.717) is 6.42 Å². The van der Waals surface area contributed by atoms with Crippen LogP contribution in [0.3, 0.4) is 0 Å². The molecule has 0 spiro atoms. The van der Waals surface area contributed by atoms with Crippen LogP contribution in [-0.4, -0.2) is 53.5 Å². The third kappa shape index (κ3) is 3.96. The molecule has 4 nitrogen and oxygen atoms in total. The molecule has 0 aromatic carbocycles. The Labute approximate surface area is 104 Å². The molecule has 2 fully saturated rings. The van der Waals surface area contributed by atoms with E-state index in [1.54, 1.807) is 0 Å². The van der Waals surface area contributed by atoms with Crippen molar-refractivity contribution in [3.05, 3.63) is 0 Å². The molecule has 0 atom stereocenters. The fourth-order valence-corrected chi connectivity index (χ4v) is 2.36. The fraction of sp³-hybridized carbons (Fsp3) is 0.923. The van der Waals surface area contributed by atoms with Gasteiger partial charge in [-0.3, -0.25) is 9.69 Å². The summed E-state index contributed by atoms with van der Waals surface area (Å²) in [5, 5.41) is 0. The van der Waals surface area contributed by atoms with Crippen LogP contribution >= 0.6 is 0 Å². The van der Waals surface area contributed by atoms with Crippen LogP contribution in [0.1, 0.15) is 39.5 Å². The summed E-state index contributed by atoms with van der Waals surface area (Å²) in [6.45, 7) is 7.88. The fourth-order valence-electron chi connectivity index (χ4n) is 2.36. The van der Waals surface area contributed by atoms with Crippen LogP contribution in [0.15, 0.2) is 0 Å². The smallest absolute Gasteiger partial charge is 0.222 e. The quantitative estimate of drug-likeness (QED) is 0.790. The third-order valence-electron chi connectivity index (χ3n) is 3.71. The Morgan fingerprint density at radius 1 is 1.24 bits per heavy atom. The zero-order chi connectivity index (χ0) is 12.5. The lowest BCUT2D eigenvalue weighted by molar-refractivity contribution is -0.133. The Bertz CT molecular complexity index is 273. The molecule has 0 aromatic rings. The van der Waals surface area contributed by atoms with Crippen molar-refractivity contribution in [2.45, 2.75) is 51.1 Å². The molecule has 4 heteroatoms. The molecule has 98 valence electrons. The second-order valence-electron chi connectivity index (χ2n) is 6.14. The standard InChI is InChI=1S/C13H25N3O/c1-13(2,14)6-5-12(17)16-9-7-15(8-10-16)11-3-4-11/h11H,3-10,14H2,1-2H3. The van der Waals surface area contributed by atoms with Gasteiger partial charge in [0.1, 0.15) is 0 Å². The first kappa shape index (κ1) is 12.8. The molecule has 0 unspecified atom stereocenters. The van der Waals surface area contributed by atoms with Crippen molar-refractivity contribution in [2.75, 3.05) is 26.2 Å². The molecular formula is C13H25N3O. The summed E-state index contributed by atoms with van der Waals surface area (Å²) >= 11 is 0. The predicted molar refractivity (Wildman–Crippen MR) is 68.7 cm³/mol. The normalized spacial score (nSPS) is 22.9. The number of piperazine rings is 1. The number of carbonyl (C=O) groups is 1. The van der Waals surface area contributed by atoms with E-state index in [2.05, 4.69) is 4.90 Å². The number of nitrogens with zero attached hydrogens (tertiary/aromatic N) is 2. The maximum Gasteiger partial charge on any atom is 0.222 e. The zero-order valence-electron chi connectivity index (χ0n) is 11.1. The minimum atomic E-state index is -0.231. The molecule has 0 bridgehead atoms. The average Bonchev–Trinajstić information content (AvgIpc) is 3.09. The van der Waals surface area contributed by atoms with Gasteiger partial charge in [0.25, 0.3) is 0 Å². The van der Waals surface area contributed by atoms with Crippen LogP contribution in [-0.2, 0) is 4.79 Å². The van der Waals surface area contributed by atoms with Gasteiger partial charge in [0.05, 0.1) is 0 Å². The first-order chi connectivity index (χ1) is 7.96. The maximum absolute atomic E-state index is 12.0. The van der Waals surface area contributed by atoms with Crippen LogP contribution < -0.4 is 5.73 Å². The van der Waals surface area contributed by atoms with Gasteiger partial charge >= 0.3 is 0 Å². The second-order valence-corrected chi connectivity index (χ2v) is 6.14. The van der Waals surface area contributed by atoms with Gasteiger partial charge < -0.3 is 10.6 Å². The average molecular weight is 239 g/mol. The van der Waals surface area contributed by atoms with Gasteiger partial charge in [-0.05, 0) is 33.1 Å². The van der Waals surface area contributed by atoms with E-state index in [1.807, 2.05) is 18.7 Å². The largest absolute Gasteiger partial charge is 0.340 e. The molecule has 1 heterocycles. The first-order valence-electron chi connectivity index (χ1n) is 6.76. The molecule has 2 N–H and O–H groups in total. The van der Waals surface area contributed by atoms with Gasteiger partial charge in [-0.15, -0.1) is 0 Å². The molecule has 1 saturated heterocycles. The molecule has 1 saturated carbocycles. The Morgan fingerprint density at radius 2 is 1.82 bits per heavy atom. The van der Waals surface area contributed by atoms with Crippen LogP contribution in [0.4, 0.5) is 0 Å². The van der Waals surface area contributed by atoms with Gasteiger partial charge in [0.15, 0.2) is 0 Å². The van der Waals surface area contributed by atoms with Crippen molar-refractivity contribution in [1.29, 1.82) is 0 Å². The molecular weight excluding hydrogens is 214 g/mol. The highest BCUT2D eigenvalue weighted by atomic mass is 16.2. The monoisotopic (exact) mass is 239 g/mol. The topological polar surface area (TPSA) is 49.6 Å². The highest BCUT2D eigenvalue weighted by molar-refractivity contribution is 5.76. The van der Waals surface area contributed by atoms with Crippen LogP contribution in [0.25, 0.3) is 0 Å². The van der Waals surface area contributed by atoms with E-state index in [9.17, 15) is 4.79 Å². The molecule has 1 aliphatic carbocycles. The number of hydrogen-bond acceptors (Lipinski definition) is 3. The summed E-state index contributed by atoms with van der Waals surface area (Å²) in [6.07, 6.45) is 4.08. The number of hydrogen-bond donors (Lipinski definition) is 1. The lowest BCUT2D eigenvalue weighted by Gasteiger charge is -2.35. The van der Waals surface area contributed by atoms with E-state index in [0.717, 1.165) is 38.6 Å². The summed E-state index contributed by atoms with van der Waals surface area (Å²) in [6, 6.07) is 0.829. The predicted octanol–water partition coefficient (Wildman–Crippen LogP) is 0.811. The van der Waals surface area contributed by atoms with Gasteiger partial charge in [0, 0.05) is 44.2 Å². The van der Waals surface area contributed by atoms with Crippen molar-refractivity contribution in [3.63, 3.8) is 0 Å². The van der Waals surface area contributed by atoms with E-state index < -0.39 is 0 Å². The van der Waals surface area contributed by atoms with E-state index in [1.165, 1.54) is 12.8 Å². The van der Waals surface area contributed by atoms with Crippen molar-refractivity contribution < 1.29 is 4.79 Å². The van der Waals surface area contributed by atoms with E-state index >= 15 is 0 Å². The summed E-state index contributed by atoms with van der Waals surface area (Å²) in [5.74, 6) is 0.277. The summed E-state index contributed by atoms with van der Waals surface area (Å²) in [4.78, 5) is 16.5. The summed E-state index contributed by atoms with van der Waals surface area (Å²) in [7, 11) is 0. The molecule has 2 aliphatic rings. The molecule has 1 aliphatic heterocycles. The first-order valence-corrected chi connectivity index (χ1v) is 6.76. The van der Waals surface area contributed by atoms with Gasteiger partial charge in [-0.1, -0.05) is 0 Å². The lowest BCUT2D eigenvalue weighted by atomic mass is 9.99. The third-order valence-corrected chi connectivity index (χ3v) is 3.71. The SMILES string of the molecule is CC(C)(N)CCC(=O)N1CCN(C2CC2)CC1. The summed E-state index contributed by atoms with van der Waals surface area (Å²) in [5.41, 5.74) is 5.67. The van der Waals surface area contributed by atoms with Gasteiger partial charge in [-0.2, -0.15) is 0 Å². The molecule has 0 aromatic heterocycles.